The lowest BCUT2D eigenvalue weighted by molar-refractivity contribution is -0.117. The second-order valence-corrected chi connectivity index (χ2v) is 4.90. The maximum Gasteiger partial charge on any atom is 0.246 e. The van der Waals surface area contributed by atoms with Crippen molar-refractivity contribution in [1.29, 1.82) is 0 Å². The lowest BCUT2D eigenvalue weighted by atomic mass is 10.0. The van der Waals surface area contributed by atoms with Crippen LogP contribution in [0.1, 0.15) is 32.3 Å². The van der Waals surface area contributed by atoms with Gasteiger partial charge in [0.2, 0.25) is 5.91 Å². The number of anilines is 2. The Morgan fingerprint density at radius 2 is 2.00 bits per heavy atom. The summed E-state index contributed by atoms with van der Waals surface area (Å²) in [4.78, 5) is 15.8. The summed E-state index contributed by atoms with van der Waals surface area (Å²) in [6, 6.07) is 6.40. The van der Waals surface area contributed by atoms with Crippen LogP contribution in [0.3, 0.4) is 0 Å². The molecule has 1 amide bonds. The van der Waals surface area contributed by atoms with E-state index in [0.717, 1.165) is 17.9 Å². The average molecular weight is 232 g/mol. The standard InChI is InChI=1S/C14H20N2O/c1-5-16-12-7-6-11(10(2)3)8-13(12)15(4)9-14(16)17/h6-8,10H,5,9H2,1-4H3. The molecule has 0 radical (unpaired) electrons. The van der Waals surface area contributed by atoms with Crippen molar-refractivity contribution in [2.24, 2.45) is 0 Å². The van der Waals surface area contributed by atoms with Gasteiger partial charge in [-0.15, -0.1) is 0 Å². The molecular weight excluding hydrogens is 212 g/mol. The van der Waals surface area contributed by atoms with E-state index < -0.39 is 0 Å². The van der Waals surface area contributed by atoms with Gasteiger partial charge < -0.3 is 9.80 Å². The first kappa shape index (κ1) is 12.0. The quantitative estimate of drug-likeness (QED) is 0.782. The molecule has 17 heavy (non-hydrogen) atoms. The Morgan fingerprint density at radius 1 is 1.29 bits per heavy atom. The predicted octanol–water partition coefficient (Wildman–Crippen LogP) is 2.61. The van der Waals surface area contributed by atoms with Gasteiger partial charge in [0.1, 0.15) is 0 Å². The van der Waals surface area contributed by atoms with E-state index in [0.29, 0.717) is 12.5 Å². The molecule has 2 rings (SSSR count). The molecule has 1 aliphatic heterocycles. The summed E-state index contributed by atoms with van der Waals surface area (Å²) < 4.78 is 0. The molecule has 0 spiro atoms. The van der Waals surface area contributed by atoms with Crippen LogP contribution in [0.15, 0.2) is 18.2 Å². The lowest BCUT2D eigenvalue weighted by Crippen LogP contribution is -2.44. The Morgan fingerprint density at radius 3 is 2.59 bits per heavy atom. The van der Waals surface area contributed by atoms with Crippen molar-refractivity contribution >= 4 is 17.3 Å². The van der Waals surface area contributed by atoms with Crippen LogP contribution in [0.4, 0.5) is 11.4 Å². The van der Waals surface area contributed by atoms with Gasteiger partial charge in [0.15, 0.2) is 0 Å². The van der Waals surface area contributed by atoms with Gasteiger partial charge in [-0.2, -0.15) is 0 Å². The van der Waals surface area contributed by atoms with Crippen LogP contribution in [0.25, 0.3) is 0 Å². The van der Waals surface area contributed by atoms with Crippen LogP contribution in [0.2, 0.25) is 0 Å². The van der Waals surface area contributed by atoms with Crippen molar-refractivity contribution in [2.75, 3.05) is 29.9 Å². The highest BCUT2D eigenvalue weighted by atomic mass is 16.2. The largest absolute Gasteiger partial charge is 0.364 e. The van der Waals surface area contributed by atoms with E-state index in [-0.39, 0.29) is 5.91 Å². The number of carbonyl (C=O) groups is 1. The maximum atomic E-state index is 11.9. The fourth-order valence-electron chi connectivity index (χ4n) is 2.29. The van der Waals surface area contributed by atoms with E-state index in [1.165, 1.54) is 5.56 Å². The molecule has 0 unspecified atom stereocenters. The zero-order valence-electron chi connectivity index (χ0n) is 11.0. The van der Waals surface area contributed by atoms with Gasteiger partial charge in [-0.25, -0.2) is 0 Å². The lowest BCUT2D eigenvalue weighted by Gasteiger charge is -2.35. The third-order valence-corrected chi connectivity index (χ3v) is 3.36. The first-order valence-corrected chi connectivity index (χ1v) is 6.20. The molecule has 1 aromatic carbocycles. The molecular formula is C14H20N2O. The van der Waals surface area contributed by atoms with Crippen molar-refractivity contribution in [3.63, 3.8) is 0 Å². The summed E-state index contributed by atoms with van der Waals surface area (Å²) in [5.41, 5.74) is 3.52. The highest BCUT2D eigenvalue weighted by molar-refractivity contribution is 6.03. The van der Waals surface area contributed by atoms with Crippen molar-refractivity contribution < 1.29 is 4.79 Å². The fourth-order valence-corrected chi connectivity index (χ4v) is 2.29. The smallest absolute Gasteiger partial charge is 0.246 e. The first-order chi connectivity index (χ1) is 8.04. The number of hydrogen-bond donors (Lipinski definition) is 0. The number of likely N-dealkylation sites (N-methyl/N-ethyl adjacent to an activating group) is 2. The fraction of sp³-hybridized carbons (Fsp3) is 0.500. The summed E-state index contributed by atoms with van der Waals surface area (Å²) in [5, 5.41) is 0. The summed E-state index contributed by atoms with van der Waals surface area (Å²) in [7, 11) is 1.98. The van der Waals surface area contributed by atoms with E-state index in [4.69, 9.17) is 0 Å². The summed E-state index contributed by atoms with van der Waals surface area (Å²) >= 11 is 0. The monoisotopic (exact) mass is 232 g/mol. The molecule has 3 heteroatoms. The Labute approximate surface area is 103 Å². The minimum Gasteiger partial charge on any atom is -0.364 e. The Hall–Kier alpha value is -1.51. The second-order valence-electron chi connectivity index (χ2n) is 4.90. The molecule has 0 fully saturated rings. The van der Waals surface area contributed by atoms with E-state index in [1.54, 1.807) is 0 Å². The number of hydrogen-bond acceptors (Lipinski definition) is 2. The third kappa shape index (κ3) is 2.02. The van der Waals surface area contributed by atoms with Gasteiger partial charge in [0.05, 0.1) is 17.9 Å². The topological polar surface area (TPSA) is 23.6 Å². The molecule has 0 aromatic heterocycles. The molecule has 3 nitrogen and oxygen atoms in total. The van der Waals surface area contributed by atoms with Crippen LogP contribution in [-0.2, 0) is 4.79 Å². The molecule has 1 heterocycles. The van der Waals surface area contributed by atoms with Crippen LogP contribution in [0.5, 0.6) is 0 Å². The predicted molar refractivity (Wildman–Crippen MR) is 71.8 cm³/mol. The minimum absolute atomic E-state index is 0.180. The van der Waals surface area contributed by atoms with Gasteiger partial charge in [0.25, 0.3) is 0 Å². The van der Waals surface area contributed by atoms with Crippen LogP contribution >= 0.6 is 0 Å². The number of nitrogens with zero attached hydrogens (tertiary/aromatic N) is 2. The number of rotatable bonds is 2. The van der Waals surface area contributed by atoms with Gasteiger partial charge in [-0.3, -0.25) is 4.79 Å². The van der Waals surface area contributed by atoms with Gasteiger partial charge >= 0.3 is 0 Å². The average Bonchev–Trinajstić information content (AvgIpc) is 2.29. The molecule has 1 aromatic rings. The Balaban J connectivity index is 2.49. The molecule has 0 N–H and O–H groups in total. The van der Waals surface area contributed by atoms with E-state index >= 15 is 0 Å². The highest BCUT2D eigenvalue weighted by Crippen LogP contribution is 2.35. The SMILES string of the molecule is CCN1C(=O)CN(C)c2cc(C(C)C)ccc21. The zero-order chi connectivity index (χ0) is 12.6. The molecule has 0 saturated heterocycles. The molecule has 0 aliphatic carbocycles. The Bertz CT molecular complexity index is 440. The number of benzene rings is 1. The van der Waals surface area contributed by atoms with Gasteiger partial charge in [-0.1, -0.05) is 19.9 Å². The van der Waals surface area contributed by atoms with Crippen molar-refractivity contribution in [3.8, 4) is 0 Å². The summed E-state index contributed by atoms with van der Waals surface area (Å²) in [5.74, 6) is 0.696. The molecule has 0 saturated carbocycles. The zero-order valence-corrected chi connectivity index (χ0v) is 11.0. The number of amides is 1. The second kappa shape index (κ2) is 4.40. The van der Waals surface area contributed by atoms with Crippen molar-refractivity contribution in [3.05, 3.63) is 23.8 Å². The first-order valence-electron chi connectivity index (χ1n) is 6.20. The minimum atomic E-state index is 0.180. The van der Waals surface area contributed by atoms with Crippen LogP contribution in [-0.4, -0.2) is 26.0 Å². The van der Waals surface area contributed by atoms with E-state index in [1.807, 2.05) is 23.8 Å². The van der Waals surface area contributed by atoms with E-state index in [2.05, 4.69) is 32.0 Å². The van der Waals surface area contributed by atoms with Crippen molar-refractivity contribution in [1.82, 2.24) is 0 Å². The molecule has 1 aliphatic rings. The van der Waals surface area contributed by atoms with Gasteiger partial charge in [0, 0.05) is 13.6 Å². The Kier molecular flexibility index (Phi) is 3.09. The van der Waals surface area contributed by atoms with Crippen molar-refractivity contribution in [2.45, 2.75) is 26.7 Å². The summed E-state index contributed by atoms with van der Waals surface area (Å²) in [6.45, 7) is 7.60. The highest BCUT2D eigenvalue weighted by Gasteiger charge is 2.26. The summed E-state index contributed by atoms with van der Waals surface area (Å²) in [6.07, 6.45) is 0. The maximum absolute atomic E-state index is 11.9. The van der Waals surface area contributed by atoms with Gasteiger partial charge in [-0.05, 0) is 30.5 Å². The normalized spacial score (nSPS) is 15.5. The third-order valence-electron chi connectivity index (χ3n) is 3.36. The van der Waals surface area contributed by atoms with Crippen LogP contribution in [0, 0.1) is 0 Å². The number of carbonyl (C=O) groups excluding carboxylic acids is 1. The molecule has 0 bridgehead atoms. The number of fused-ring (bicyclic) bond motifs is 1. The molecule has 0 atom stereocenters. The van der Waals surface area contributed by atoms with Crippen LogP contribution < -0.4 is 9.80 Å². The molecule has 92 valence electrons. The van der Waals surface area contributed by atoms with E-state index in [9.17, 15) is 4.79 Å².